The molecule has 5 nitrogen and oxygen atoms in total. The van der Waals surface area contributed by atoms with Crippen molar-refractivity contribution < 1.29 is 14.3 Å². The summed E-state index contributed by atoms with van der Waals surface area (Å²) in [5.74, 6) is -0.435. The minimum absolute atomic E-state index is 0.0258. The third kappa shape index (κ3) is 2.95. The first-order valence-corrected chi connectivity index (χ1v) is 6.16. The average molecular weight is 311 g/mol. The van der Waals surface area contributed by atoms with Crippen LogP contribution in [-0.2, 0) is 4.79 Å². The van der Waals surface area contributed by atoms with Crippen molar-refractivity contribution in [3.63, 3.8) is 0 Å². The number of carbonyl (C=O) groups is 1. The molecular weight excluding hydrogens is 300 g/mol. The van der Waals surface area contributed by atoms with Gasteiger partial charge in [-0.2, -0.15) is 0 Å². The van der Waals surface area contributed by atoms with Gasteiger partial charge >= 0.3 is 5.97 Å². The van der Waals surface area contributed by atoms with E-state index in [9.17, 15) is 4.79 Å². The molecule has 0 saturated heterocycles. The highest BCUT2D eigenvalue weighted by Gasteiger charge is 2.17. The van der Waals surface area contributed by atoms with Crippen LogP contribution >= 0.6 is 15.9 Å². The number of hydrogen-bond donors (Lipinski definition) is 1. The lowest BCUT2D eigenvalue weighted by Crippen LogP contribution is -2.02. The molecule has 2 aromatic rings. The van der Waals surface area contributed by atoms with Crippen molar-refractivity contribution in [3.05, 3.63) is 34.6 Å². The Kier molecular flexibility index (Phi) is 3.76. The fourth-order valence-corrected chi connectivity index (χ4v) is 1.76. The lowest BCUT2D eigenvalue weighted by Gasteiger charge is -2.01. The molecule has 0 radical (unpaired) electrons. The number of nitrogens with zero attached hydrogens (tertiary/aromatic N) is 2. The Labute approximate surface area is 112 Å². The highest BCUT2D eigenvalue weighted by atomic mass is 79.9. The number of carboxylic acids is 1. The van der Waals surface area contributed by atoms with Crippen LogP contribution in [0.4, 0.5) is 0 Å². The van der Waals surface area contributed by atoms with Crippen molar-refractivity contribution in [1.29, 1.82) is 0 Å². The van der Waals surface area contributed by atoms with E-state index in [2.05, 4.69) is 26.1 Å². The van der Waals surface area contributed by atoms with Gasteiger partial charge in [-0.25, -0.2) is 0 Å². The number of benzene rings is 1. The normalized spacial score (nSPS) is 12.3. The molecule has 1 atom stereocenters. The van der Waals surface area contributed by atoms with E-state index in [1.807, 2.05) is 24.3 Å². The lowest BCUT2D eigenvalue weighted by atomic mass is 10.1. The van der Waals surface area contributed by atoms with E-state index in [0.717, 1.165) is 10.0 Å². The molecule has 0 aliphatic heterocycles. The van der Waals surface area contributed by atoms with Gasteiger partial charge in [0.2, 0.25) is 11.8 Å². The molecule has 1 unspecified atom stereocenters. The van der Waals surface area contributed by atoms with Crippen molar-refractivity contribution in [1.82, 2.24) is 10.2 Å². The molecule has 0 aliphatic carbocycles. The number of hydrogen-bond acceptors (Lipinski definition) is 4. The molecule has 1 aromatic heterocycles. The molecule has 2 rings (SSSR count). The van der Waals surface area contributed by atoms with Gasteiger partial charge in [-0.1, -0.05) is 22.9 Å². The number of carboxylic acid groups (broad SMARTS) is 1. The van der Waals surface area contributed by atoms with Crippen molar-refractivity contribution in [2.24, 2.45) is 0 Å². The molecule has 0 aliphatic rings. The van der Waals surface area contributed by atoms with Gasteiger partial charge in [0.05, 0.1) is 6.42 Å². The fourth-order valence-electron chi connectivity index (χ4n) is 1.49. The van der Waals surface area contributed by atoms with Crippen molar-refractivity contribution in [3.8, 4) is 11.5 Å². The van der Waals surface area contributed by atoms with Gasteiger partial charge in [0.15, 0.2) is 0 Å². The Morgan fingerprint density at radius 2 is 2.06 bits per heavy atom. The smallest absolute Gasteiger partial charge is 0.304 e. The number of rotatable bonds is 4. The molecule has 0 fully saturated rings. The highest BCUT2D eigenvalue weighted by Crippen LogP contribution is 2.24. The predicted octanol–water partition coefficient (Wildman–Crippen LogP) is 3.08. The van der Waals surface area contributed by atoms with Gasteiger partial charge in [0, 0.05) is 16.0 Å². The molecule has 18 heavy (non-hydrogen) atoms. The van der Waals surface area contributed by atoms with Crippen LogP contribution in [0.2, 0.25) is 0 Å². The van der Waals surface area contributed by atoms with Crippen molar-refractivity contribution >= 4 is 21.9 Å². The topological polar surface area (TPSA) is 76.2 Å². The predicted molar refractivity (Wildman–Crippen MR) is 68.1 cm³/mol. The van der Waals surface area contributed by atoms with Gasteiger partial charge in [-0.15, -0.1) is 10.2 Å². The minimum atomic E-state index is -0.883. The summed E-state index contributed by atoms with van der Waals surface area (Å²) >= 11 is 3.34. The Hall–Kier alpha value is -1.69. The SMILES string of the molecule is CC(CC(=O)O)c1nnc(-c2ccc(Br)cc2)o1. The van der Waals surface area contributed by atoms with Crippen LogP contribution in [0.15, 0.2) is 33.2 Å². The maximum Gasteiger partial charge on any atom is 0.304 e. The molecule has 1 heterocycles. The molecule has 0 saturated carbocycles. The fraction of sp³-hybridized carbons (Fsp3) is 0.250. The molecular formula is C12H11BrN2O3. The van der Waals surface area contributed by atoms with Crippen molar-refractivity contribution in [2.45, 2.75) is 19.3 Å². The zero-order valence-corrected chi connectivity index (χ0v) is 11.2. The summed E-state index contributed by atoms with van der Waals surface area (Å²) in [7, 11) is 0. The maximum absolute atomic E-state index is 10.6. The highest BCUT2D eigenvalue weighted by molar-refractivity contribution is 9.10. The van der Waals surface area contributed by atoms with Gasteiger partial charge < -0.3 is 9.52 Å². The van der Waals surface area contributed by atoms with E-state index in [0.29, 0.717) is 11.8 Å². The Balaban J connectivity index is 2.19. The van der Waals surface area contributed by atoms with E-state index in [-0.39, 0.29) is 12.3 Å². The summed E-state index contributed by atoms with van der Waals surface area (Å²) in [6.45, 7) is 1.74. The Bertz CT molecular complexity index is 551. The molecule has 6 heteroatoms. The third-order valence-electron chi connectivity index (χ3n) is 2.43. The number of aliphatic carboxylic acids is 1. The summed E-state index contributed by atoms with van der Waals surface area (Å²) in [5, 5.41) is 16.5. The lowest BCUT2D eigenvalue weighted by molar-refractivity contribution is -0.137. The van der Waals surface area contributed by atoms with E-state index in [4.69, 9.17) is 9.52 Å². The van der Waals surface area contributed by atoms with Gasteiger partial charge in [-0.05, 0) is 24.3 Å². The van der Waals surface area contributed by atoms with Crippen LogP contribution < -0.4 is 0 Å². The van der Waals surface area contributed by atoms with Crippen LogP contribution in [0.5, 0.6) is 0 Å². The summed E-state index contributed by atoms with van der Waals surface area (Å²) < 4.78 is 6.43. The minimum Gasteiger partial charge on any atom is -0.481 e. The molecule has 0 amide bonds. The Morgan fingerprint density at radius 1 is 1.39 bits per heavy atom. The monoisotopic (exact) mass is 310 g/mol. The van der Waals surface area contributed by atoms with Gasteiger partial charge in [0.1, 0.15) is 0 Å². The second-order valence-corrected chi connectivity index (χ2v) is 4.87. The quantitative estimate of drug-likeness (QED) is 0.939. The largest absolute Gasteiger partial charge is 0.481 e. The van der Waals surface area contributed by atoms with Crippen LogP contribution in [0.1, 0.15) is 25.2 Å². The summed E-state index contributed by atoms with van der Waals surface area (Å²) in [6, 6.07) is 7.45. The number of aromatic nitrogens is 2. The average Bonchev–Trinajstić information content (AvgIpc) is 2.78. The molecule has 0 spiro atoms. The first kappa shape index (κ1) is 12.8. The number of halogens is 1. The summed E-state index contributed by atoms with van der Waals surface area (Å²) in [5.41, 5.74) is 0.805. The summed E-state index contributed by atoms with van der Waals surface area (Å²) in [4.78, 5) is 10.6. The van der Waals surface area contributed by atoms with Crippen LogP contribution in [0.3, 0.4) is 0 Å². The van der Waals surface area contributed by atoms with Crippen LogP contribution in [0, 0.1) is 0 Å². The van der Waals surface area contributed by atoms with E-state index >= 15 is 0 Å². The summed E-state index contributed by atoms with van der Waals surface area (Å²) in [6.07, 6.45) is -0.0258. The zero-order valence-electron chi connectivity index (χ0n) is 9.63. The third-order valence-corrected chi connectivity index (χ3v) is 2.96. The first-order chi connectivity index (χ1) is 8.56. The van der Waals surface area contributed by atoms with Gasteiger partial charge in [-0.3, -0.25) is 4.79 Å². The maximum atomic E-state index is 10.6. The standard InChI is InChI=1S/C12H11BrN2O3/c1-7(6-10(16)17)11-14-15-12(18-11)8-2-4-9(13)5-3-8/h2-5,7H,6H2,1H3,(H,16,17). The Morgan fingerprint density at radius 3 is 2.67 bits per heavy atom. The van der Waals surface area contributed by atoms with Crippen molar-refractivity contribution in [2.75, 3.05) is 0 Å². The van der Waals surface area contributed by atoms with Crippen LogP contribution in [0.25, 0.3) is 11.5 Å². The first-order valence-electron chi connectivity index (χ1n) is 5.37. The van der Waals surface area contributed by atoms with E-state index < -0.39 is 5.97 Å². The second-order valence-electron chi connectivity index (χ2n) is 3.95. The van der Waals surface area contributed by atoms with E-state index in [1.165, 1.54) is 0 Å². The molecule has 1 N–H and O–H groups in total. The molecule has 0 bridgehead atoms. The molecule has 1 aromatic carbocycles. The van der Waals surface area contributed by atoms with Gasteiger partial charge in [0.25, 0.3) is 0 Å². The second kappa shape index (κ2) is 5.30. The molecule has 94 valence electrons. The van der Waals surface area contributed by atoms with Crippen LogP contribution in [-0.4, -0.2) is 21.3 Å². The van der Waals surface area contributed by atoms with E-state index in [1.54, 1.807) is 6.92 Å². The zero-order chi connectivity index (χ0) is 13.1.